The fourth-order valence-electron chi connectivity index (χ4n) is 1.38. The second-order valence-electron chi connectivity index (χ2n) is 3.59. The summed E-state index contributed by atoms with van der Waals surface area (Å²) in [5, 5.41) is 1.73. The van der Waals surface area contributed by atoms with Crippen molar-refractivity contribution in [2.75, 3.05) is 5.75 Å². The van der Waals surface area contributed by atoms with E-state index >= 15 is 0 Å². The van der Waals surface area contributed by atoms with Gasteiger partial charge in [-0.05, 0) is 45.6 Å². The van der Waals surface area contributed by atoms with Crippen molar-refractivity contribution in [2.24, 2.45) is 0 Å². The number of rotatable bonds is 4. The zero-order chi connectivity index (χ0) is 14.0. The molecule has 0 saturated carbocycles. The lowest BCUT2D eigenvalue weighted by Gasteiger charge is -2.02. The van der Waals surface area contributed by atoms with Crippen LogP contribution in [0.3, 0.4) is 0 Å². The van der Waals surface area contributed by atoms with Crippen LogP contribution in [0.1, 0.15) is 9.67 Å². The molecule has 0 amide bonds. The Bertz CT molecular complexity index is 655. The Morgan fingerprint density at radius 3 is 2.58 bits per heavy atom. The molecule has 0 aliphatic rings. The molecule has 0 spiro atoms. The lowest BCUT2D eigenvalue weighted by molar-refractivity contribution is 0.102. The van der Waals surface area contributed by atoms with E-state index in [2.05, 4.69) is 15.9 Å². The Morgan fingerprint density at radius 2 is 2.00 bits per heavy atom. The molecule has 0 radical (unpaired) electrons. The van der Waals surface area contributed by atoms with Gasteiger partial charge in [0.25, 0.3) is 0 Å². The van der Waals surface area contributed by atoms with Crippen molar-refractivity contribution in [1.82, 2.24) is 0 Å². The van der Waals surface area contributed by atoms with Gasteiger partial charge in [0.1, 0.15) is 0 Å². The van der Waals surface area contributed by atoms with Crippen LogP contribution in [0.4, 0.5) is 8.78 Å². The van der Waals surface area contributed by atoms with Crippen LogP contribution in [0.25, 0.3) is 0 Å². The number of Topliss-reactive ketones (excluding diaryl/α,β-unsaturated/α-hetero) is 1. The Labute approximate surface area is 123 Å². The number of ketones is 1. The largest absolute Gasteiger partial charge is 0.292 e. The minimum atomic E-state index is -1.70. The predicted octanol–water partition coefficient (Wildman–Crippen LogP) is 3.78. The van der Waals surface area contributed by atoms with Crippen molar-refractivity contribution in [3.8, 4) is 0 Å². The van der Waals surface area contributed by atoms with Crippen molar-refractivity contribution in [3.05, 3.63) is 50.6 Å². The average molecular weight is 365 g/mol. The normalized spacial score (nSPS) is 12.4. The quantitative estimate of drug-likeness (QED) is 0.773. The first-order valence-corrected chi connectivity index (χ1v) is 8.08. The van der Waals surface area contributed by atoms with Gasteiger partial charge >= 0.3 is 0 Å². The molecule has 100 valence electrons. The van der Waals surface area contributed by atoms with E-state index in [1.807, 2.05) is 0 Å². The summed E-state index contributed by atoms with van der Waals surface area (Å²) in [5.41, 5.74) is 0. The van der Waals surface area contributed by atoms with E-state index in [-0.39, 0.29) is 16.4 Å². The van der Waals surface area contributed by atoms with Gasteiger partial charge in [-0.15, -0.1) is 11.3 Å². The predicted molar refractivity (Wildman–Crippen MR) is 74.0 cm³/mol. The molecule has 0 N–H and O–H groups in total. The highest BCUT2D eigenvalue weighted by Crippen LogP contribution is 2.24. The number of carbonyl (C=O) groups excluding carboxylic acids is 1. The first-order valence-electron chi connectivity index (χ1n) is 5.08. The third-order valence-electron chi connectivity index (χ3n) is 2.29. The maximum absolute atomic E-state index is 13.0. The molecule has 2 rings (SSSR count). The topological polar surface area (TPSA) is 34.1 Å². The minimum absolute atomic E-state index is 0.0972. The Balaban J connectivity index is 2.15. The highest BCUT2D eigenvalue weighted by Gasteiger charge is 2.17. The molecular weight excluding hydrogens is 358 g/mol. The number of thiophene rings is 1. The van der Waals surface area contributed by atoms with Gasteiger partial charge < -0.3 is 0 Å². The van der Waals surface area contributed by atoms with Gasteiger partial charge in [0.15, 0.2) is 17.4 Å². The van der Waals surface area contributed by atoms with Crippen LogP contribution in [0.15, 0.2) is 39.0 Å². The zero-order valence-corrected chi connectivity index (χ0v) is 12.6. The van der Waals surface area contributed by atoms with Gasteiger partial charge in [-0.2, -0.15) is 0 Å². The maximum Gasteiger partial charge on any atom is 0.186 e. The molecule has 1 aromatic heterocycles. The number of hydrogen-bond acceptors (Lipinski definition) is 3. The molecule has 0 bridgehead atoms. The highest BCUT2D eigenvalue weighted by atomic mass is 79.9. The smallest absolute Gasteiger partial charge is 0.186 e. The number of halogens is 3. The molecule has 0 aliphatic carbocycles. The van der Waals surface area contributed by atoms with E-state index in [0.29, 0.717) is 9.35 Å². The van der Waals surface area contributed by atoms with Crippen LogP contribution in [-0.4, -0.2) is 15.7 Å². The molecule has 2 aromatic rings. The fourth-order valence-corrected chi connectivity index (χ4v) is 4.01. The van der Waals surface area contributed by atoms with Crippen LogP contribution >= 0.6 is 27.3 Å². The first-order chi connectivity index (χ1) is 8.99. The van der Waals surface area contributed by atoms with Crippen molar-refractivity contribution < 1.29 is 17.8 Å². The van der Waals surface area contributed by atoms with Crippen molar-refractivity contribution in [3.63, 3.8) is 0 Å². The van der Waals surface area contributed by atoms with E-state index in [1.54, 1.807) is 11.4 Å². The van der Waals surface area contributed by atoms with Crippen LogP contribution in [0.5, 0.6) is 0 Å². The fraction of sp³-hybridized carbons (Fsp3) is 0.0833. The van der Waals surface area contributed by atoms with E-state index in [1.165, 1.54) is 17.4 Å². The zero-order valence-electron chi connectivity index (χ0n) is 9.36. The summed E-state index contributed by atoms with van der Waals surface area (Å²) in [6.45, 7) is 0. The van der Waals surface area contributed by atoms with Crippen LogP contribution in [-0.2, 0) is 10.8 Å². The van der Waals surface area contributed by atoms with Crippen molar-refractivity contribution in [2.45, 2.75) is 4.90 Å². The Hall–Kier alpha value is -0.920. The second kappa shape index (κ2) is 6.02. The Morgan fingerprint density at radius 1 is 1.26 bits per heavy atom. The van der Waals surface area contributed by atoms with E-state index in [0.717, 1.165) is 12.1 Å². The van der Waals surface area contributed by atoms with Crippen molar-refractivity contribution >= 4 is 43.8 Å². The molecule has 1 atom stereocenters. The van der Waals surface area contributed by atoms with E-state index in [4.69, 9.17) is 0 Å². The molecule has 0 aliphatic heterocycles. The summed E-state index contributed by atoms with van der Waals surface area (Å²) >= 11 is 4.45. The first kappa shape index (κ1) is 14.5. The monoisotopic (exact) mass is 364 g/mol. The summed E-state index contributed by atoms with van der Waals surface area (Å²) in [6.07, 6.45) is 0. The van der Waals surface area contributed by atoms with Gasteiger partial charge in [-0.25, -0.2) is 8.78 Å². The number of hydrogen-bond donors (Lipinski definition) is 0. The third kappa shape index (κ3) is 3.34. The molecule has 0 saturated heterocycles. The summed E-state index contributed by atoms with van der Waals surface area (Å²) in [4.78, 5) is 12.4. The van der Waals surface area contributed by atoms with Crippen LogP contribution in [0.2, 0.25) is 0 Å². The van der Waals surface area contributed by atoms with Gasteiger partial charge in [0.2, 0.25) is 0 Å². The summed E-state index contributed by atoms with van der Waals surface area (Å²) < 4.78 is 38.3. The van der Waals surface area contributed by atoms with Crippen LogP contribution < -0.4 is 0 Å². The lowest BCUT2D eigenvalue weighted by atomic mass is 10.3. The summed E-state index contributed by atoms with van der Waals surface area (Å²) in [6, 6.07) is 4.68. The molecule has 1 heterocycles. The maximum atomic E-state index is 13.0. The molecule has 2 nitrogen and oxygen atoms in total. The number of carbonyl (C=O) groups is 1. The summed E-state index contributed by atoms with van der Waals surface area (Å²) in [5.74, 6) is -2.64. The van der Waals surface area contributed by atoms with Gasteiger partial charge in [-0.3, -0.25) is 9.00 Å². The average Bonchev–Trinajstić information content (AvgIpc) is 2.79. The standard InChI is InChI=1S/C12H7BrF2O2S2/c13-8-3-4-18-12(8)11(16)6-19(17)7-1-2-9(14)10(15)5-7/h1-5H,6H2. The minimum Gasteiger partial charge on any atom is -0.292 e. The molecule has 19 heavy (non-hydrogen) atoms. The lowest BCUT2D eigenvalue weighted by Crippen LogP contribution is -2.10. The van der Waals surface area contributed by atoms with Crippen LogP contribution in [0, 0.1) is 11.6 Å². The van der Waals surface area contributed by atoms with E-state index < -0.39 is 22.4 Å². The van der Waals surface area contributed by atoms with Gasteiger partial charge in [0.05, 0.1) is 21.4 Å². The van der Waals surface area contributed by atoms with E-state index in [9.17, 15) is 17.8 Å². The molecular formula is C12H7BrF2O2S2. The number of benzene rings is 1. The van der Waals surface area contributed by atoms with Crippen molar-refractivity contribution in [1.29, 1.82) is 0 Å². The third-order valence-corrected chi connectivity index (χ3v) is 5.47. The van der Waals surface area contributed by atoms with Gasteiger partial charge in [0, 0.05) is 9.37 Å². The SMILES string of the molecule is O=C(CS(=O)c1ccc(F)c(F)c1)c1sccc1Br. The molecule has 1 aromatic carbocycles. The molecule has 0 fully saturated rings. The molecule has 1 unspecified atom stereocenters. The Kier molecular flexibility index (Phi) is 4.59. The second-order valence-corrected chi connectivity index (χ2v) is 6.81. The summed E-state index contributed by atoms with van der Waals surface area (Å²) in [7, 11) is -1.70. The van der Waals surface area contributed by atoms with Gasteiger partial charge in [-0.1, -0.05) is 0 Å². The molecule has 7 heteroatoms. The highest BCUT2D eigenvalue weighted by molar-refractivity contribution is 9.10.